The molecule has 4 nitrogen and oxygen atoms in total. The Labute approximate surface area is 109 Å². The molecular weight excluding hydrogens is 228 g/mol. The van der Waals surface area contributed by atoms with Crippen LogP contribution in [0.15, 0.2) is 0 Å². The molecule has 0 aliphatic carbocycles. The zero-order valence-electron chi connectivity index (χ0n) is 12.0. The number of nitrogens with one attached hydrogen (secondary N) is 1. The Morgan fingerprint density at radius 3 is 2.28 bits per heavy atom. The number of rotatable bonds is 1. The van der Waals surface area contributed by atoms with Crippen molar-refractivity contribution in [1.29, 1.82) is 0 Å². The van der Waals surface area contributed by atoms with E-state index in [0.29, 0.717) is 19.5 Å². The molecule has 0 spiro atoms. The molecule has 0 radical (unpaired) electrons. The third-order valence-electron chi connectivity index (χ3n) is 3.35. The summed E-state index contributed by atoms with van der Waals surface area (Å²) < 4.78 is 0. The lowest BCUT2D eigenvalue weighted by Crippen LogP contribution is -2.30. The Bertz CT molecular complexity index is 424. The van der Waals surface area contributed by atoms with E-state index in [-0.39, 0.29) is 12.0 Å². The lowest BCUT2D eigenvalue weighted by molar-refractivity contribution is 0.0763. The van der Waals surface area contributed by atoms with Gasteiger partial charge in [0.15, 0.2) is 0 Å². The minimum Gasteiger partial charge on any atom is -0.391 e. The first-order chi connectivity index (χ1) is 8.50. The van der Waals surface area contributed by atoms with Gasteiger partial charge in [0, 0.05) is 24.5 Å². The average molecular weight is 252 g/mol. The van der Waals surface area contributed by atoms with Gasteiger partial charge in [-0.25, -0.2) is 0 Å². The van der Waals surface area contributed by atoms with E-state index in [9.17, 15) is 9.90 Å². The third kappa shape index (κ3) is 2.75. The zero-order chi connectivity index (χ0) is 13.9. The van der Waals surface area contributed by atoms with Crippen LogP contribution in [-0.2, 0) is 0 Å². The fourth-order valence-corrected chi connectivity index (χ4v) is 2.31. The maximum Gasteiger partial charge on any atom is 0.256 e. The number of aryl methyl sites for hydroxylation is 2. The first kappa shape index (κ1) is 14.8. The van der Waals surface area contributed by atoms with E-state index in [4.69, 9.17) is 0 Å². The minimum atomic E-state index is -0.357. The predicted octanol–water partition coefficient (Wildman–Crippen LogP) is 2.17. The second-order valence-electron chi connectivity index (χ2n) is 4.57. The Morgan fingerprint density at radius 1 is 1.28 bits per heavy atom. The smallest absolute Gasteiger partial charge is 0.256 e. The van der Waals surface area contributed by atoms with E-state index >= 15 is 0 Å². The first-order valence-corrected chi connectivity index (χ1v) is 6.63. The summed E-state index contributed by atoms with van der Waals surface area (Å²) in [5.41, 5.74) is 3.75. The summed E-state index contributed by atoms with van der Waals surface area (Å²) in [6.45, 7) is 11.0. The fraction of sp³-hybridized carbons (Fsp3) is 0.643. The molecule has 102 valence electrons. The van der Waals surface area contributed by atoms with E-state index in [1.165, 1.54) is 0 Å². The standard InChI is InChI=1S/C12H18N2O2.C2H6/c1-7-8(2)13-9(3)11(7)12(16)14-5-4-10(15)6-14;1-2/h10,13,15H,4-6H2,1-3H3;1-2H3/t10-;/m1./s1. The van der Waals surface area contributed by atoms with Gasteiger partial charge in [-0.15, -0.1) is 0 Å². The second kappa shape index (κ2) is 6.05. The molecule has 1 atom stereocenters. The highest BCUT2D eigenvalue weighted by Gasteiger charge is 2.28. The van der Waals surface area contributed by atoms with Crippen molar-refractivity contribution >= 4 is 5.91 Å². The molecule has 1 fully saturated rings. The quantitative estimate of drug-likeness (QED) is 0.805. The fourth-order valence-electron chi connectivity index (χ4n) is 2.31. The van der Waals surface area contributed by atoms with Gasteiger partial charge in [0.25, 0.3) is 5.91 Å². The Morgan fingerprint density at radius 2 is 1.89 bits per heavy atom. The number of aromatic amines is 1. The van der Waals surface area contributed by atoms with Crippen LogP contribution in [0.25, 0.3) is 0 Å². The number of aliphatic hydroxyl groups is 1. The van der Waals surface area contributed by atoms with Crippen LogP contribution < -0.4 is 0 Å². The Hall–Kier alpha value is -1.29. The number of carbonyl (C=O) groups is 1. The number of carbonyl (C=O) groups excluding carboxylic acids is 1. The van der Waals surface area contributed by atoms with E-state index < -0.39 is 0 Å². The molecule has 0 aromatic carbocycles. The number of hydrogen-bond acceptors (Lipinski definition) is 2. The van der Waals surface area contributed by atoms with Gasteiger partial charge in [-0.2, -0.15) is 0 Å². The van der Waals surface area contributed by atoms with Crippen LogP contribution in [0, 0.1) is 20.8 Å². The number of hydrogen-bond donors (Lipinski definition) is 2. The van der Waals surface area contributed by atoms with Crippen molar-refractivity contribution in [1.82, 2.24) is 9.88 Å². The van der Waals surface area contributed by atoms with Gasteiger partial charge < -0.3 is 15.0 Å². The normalized spacial score (nSPS) is 18.6. The number of H-pyrrole nitrogens is 1. The summed E-state index contributed by atoms with van der Waals surface area (Å²) in [6, 6.07) is 0. The van der Waals surface area contributed by atoms with Crippen LogP contribution in [-0.4, -0.2) is 40.1 Å². The molecule has 2 heterocycles. The summed E-state index contributed by atoms with van der Waals surface area (Å²) in [5, 5.41) is 9.44. The molecule has 1 aromatic heterocycles. The highest BCUT2D eigenvalue weighted by Crippen LogP contribution is 2.21. The maximum atomic E-state index is 12.2. The number of aromatic nitrogens is 1. The monoisotopic (exact) mass is 252 g/mol. The van der Waals surface area contributed by atoms with Crippen LogP contribution in [0.4, 0.5) is 0 Å². The summed E-state index contributed by atoms with van der Waals surface area (Å²) in [4.78, 5) is 17.2. The minimum absolute atomic E-state index is 0.0379. The molecule has 2 N–H and O–H groups in total. The van der Waals surface area contributed by atoms with Gasteiger partial charge >= 0.3 is 0 Å². The molecule has 1 aliphatic rings. The lowest BCUT2D eigenvalue weighted by Gasteiger charge is -2.16. The van der Waals surface area contributed by atoms with Crippen LogP contribution in [0.1, 0.15) is 47.6 Å². The zero-order valence-corrected chi connectivity index (χ0v) is 12.0. The van der Waals surface area contributed by atoms with Crippen molar-refractivity contribution in [3.8, 4) is 0 Å². The lowest BCUT2D eigenvalue weighted by atomic mass is 10.1. The van der Waals surface area contributed by atoms with Crippen LogP contribution in [0.5, 0.6) is 0 Å². The molecule has 1 amide bonds. The summed E-state index contributed by atoms with van der Waals surface area (Å²) in [6.07, 6.45) is 0.331. The van der Waals surface area contributed by atoms with E-state index in [2.05, 4.69) is 4.98 Å². The van der Waals surface area contributed by atoms with Crippen molar-refractivity contribution in [3.63, 3.8) is 0 Å². The van der Waals surface area contributed by atoms with Crippen molar-refractivity contribution in [3.05, 3.63) is 22.5 Å². The van der Waals surface area contributed by atoms with Gasteiger partial charge in [0.1, 0.15) is 0 Å². The molecule has 0 bridgehead atoms. The van der Waals surface area contributed by atoms with Crippen LogP contribution in [0.3, 0.4) is 0 Å². The van der Waals surface area contributed by atoms with Crippen molar-refractivity contribution in [2.75, 3.05) is 13.1 Å². The molecule has 2 rings (SSSR count). The molecular formula is C14H24N2O2. The Kier molecular flexibility index (Phi) is 4.96. The predicted molar refractivity (Wildman–Crippen MR) is 72.9 cm³/mol. The van der Waals surface area contributed by atoms with E-state index in [0.717, 1.165) is 22.5 Å². The van der Waals surface area contributed by atoms with E-state index in [1.807, 2.05) is 34.6 Å². The summed E-state index contributed by atoms with van der Waals surface area (Å²) in [5.74, 6) is 0.0379. The molecule has 1 aliphatic heterocycles. The molecule has 1 saturated heterocycles. The average Bonchev–Trinajstić information content (AvgIpc) is 2.87. The third-order valence-corrected chi connectivity index (χ3v) is 3.35. The van der Waals surface area contributed by atoms with Crippen LogP contribution >= 0.6 is 0 Å². The Balaban J connectivity index is 0.000000771. The number of nitrogens with zero attached hydrogens (tertiary/aromatic N) is 1. The molecule has 4 heteroatoms. The second-order valence-corrected chi connectivity index (χ2v) is 4.57. The topological polar surface area (TPSA) is 56.3 Å². The largest absolute Gasteiger partial charge is 0.391 e. The summed E-state index contributed by atoms with van der Waals surface area (Å²) >= 11 is 0. The van der Waals surface area contributed by atoms with Gasteiger partial charge in [-0.05, 0) is 32.8 Å². The van der Waals surface area contributed by atoms with Gasteiger partial charge in [-0.3, -0.25) is 4.79 Å². The van der Waals surface area contributed by atoms with E-state index in [1.54, 1.807) is 4.90 Å². The molecule has 0 saturated carbocycles. The molecule has 18 heavy (non-hydrogen) atoms. The molecule has 0 unspecified atom stereocenters. The van der Waals surface area contributed by atoms with Crippen molar-refractivity contribution < 1.29 is 9.90 Å². The highest BCUT2D eigenvalue weighted by atomic mass is 16.3. The van der Waals surface area contributed by atoms with Crippen molar-refractivity contribution in [2.45, 2.75) is 47.1 Å². The summed E-state index contributed by atoms with van der Waals surface area (Å²) in [7, 11) is 0. The van der Waals surface area contributed by atoms with Crippen molar-refractivity contribution in [2.24, 2.45) is 0 Å². The highest BCUT2D eigenvalue weighted by molar-refractivity contribution is 5.97. The number of amides is 1. The maximum absolute atomic E-state index is 12.2. The van der Waals surface area contributed by atoms with Gasteiger partial charge in [0.2, 0.25) is 0 Å². The first-order valence-electron chi connectivity index (χ1n) is 6.63. The number of β-amino-alcohol motifs (C(OH)–C–C–N with tert-alkyl or cyclic N) is 1. The van der Waals surface area contributed by atoms with Crippen LogP contribution in [0.2, 0.25) is 0 Å². The molecule has 1 aromatic rings. The van der Waals surface area contributed by atoms with Gasteiger partial charge in [-0.1, -0.05) is 13.8 Å². The number of aliphatic hydroxyl groups excluding tert-OH is 1. The SMILES string of the molecule is CC.Cc1[nH]c(C)c(C(=O)N2CC[C@@H](O)C2)c1C. The number of likely N-dealkylation sites (tertiary alicyclic amines) is 1. The van der Waals surface area contributed by atoms with Gasteiger partial charge in [0.05, 0.1) is 11.7 Å².